The van der Waals surface area contributed by atoms with Crippen LogP contribution in [0, 0.1) is 11.7 Å². The van der Waals surface area contributed by atoms with Crippen molar-refractivity contribution in [2.45, 2.75) is 19.9 Å². The first-order valence-electron chi connectivity index (χ1n) is 5.88. The summed E-state index contributed by atoms with van der Waals surface area (Å²) in [6.45, 7) is 3.37. The van der Waals surface area contributed by atoms with Gasteiger partial charge < -0.3 is 15.5 Å². The number of carboxylic acid groups (broad SMARTS) is 1. The van der Waals surface area contributed by atoms with Crippen LogP contribution in [0.1, 0.15) is 29.3 Å². The van der Waals surface area contributed by atoms with Crippen molar-refractivity contribution in [1.82, 2.24) is 5.32 Å². The molecule has 0 spiro atoms. The first kappa shape index (κ1) is 14.6. The molecule has 0 aliphatic carbocycles. The predicted molar refractivity (Wildman–Crippen MR) is 65.9 cm³/mol. The smallest absolute Gasteiger partial charge is 0.338 e. The molecular formula is C13H18FNO3. The number of aliphatic hydroxyl groups is 1. The van der Waals surface area contributed by atoms with E-state index in [0.717, 1.165) is 13.0 Å². The average Bonchev–Trinajstić information content (AvgIpc) is 2.29. The van der Waals surface area contributed by atoms with Gasteiger partial charge in [-0.1, -0.05) is 13.0 Å². The standard InChI is InChI=1S/C13H18FNO3/c1-9(4-5-16)7-15-8-10-2-3-11(13(17)18)12(14)6-10/h2-3,6,9,15-16H,4-5,7-8H2,1H3,(H,17,18). The third kappa shape index (κ3) is 4.43. The second kappa shape index (κ2) is 7.08. The molecule has 1 unspecified atom stereocenters. The minimum Gasteiger partial charge on any atom is -0.478 e. The molecule has 1 atom stereocenters. The van der Waals surface area contributed by atoms with Crippen LogP contribution < -0.4 is 5.32 Å². The molecule has 18 heavy (non-hydrogen) atoms. The van der Waals surface area contributed by atoms with Gasteiger partial charge in [0.2, 0.25) is 0 Å². The molecule has 5 heteroatoms. The molecule has 3 N–H and O–H groups in total. The van der Waals surface area contributed by atoms with Gasteiger partial charge in [-0.3, -0.25) is 0 Å². The van der Waals surface area contributed by atoms with Gasteiger partial charge in [0.15, 0.2) is 0 Å². The van der Waals surface area contributed by atoms with E-state index in [9.17, 15) is 9.18 Å². The second-order valence-electron chi connectivity index (χ2n) is 4.37. The zero-order valence-electron chi connectivity index (χ0n) is 10.3. The fourth-order valence-electron chi connectivity index (χ4n) is 1.63. The Kier molecular flexibility index (Phi) is 5.74. The van der Waals surface area contributed by atoms with E-state index in [1.54, 1.807) is 6.07 Å². The first-order chi connectivity index (χ1) is 8.54. The summed E-state index contributed by atoms with van der Waals surface area (Å²) in [7, 11) is 0. The summed E-state index contributed by atoms with van der Waals surface area (Å²) in [5, 5.41) is 20.6. The largest absolute Gasteiger partial charge is 0.478 e. The fraction of sp³-hybridized carbons (Fsp3) is 0.462. The van der Waals surface area contributed by atoms with Crippen molar-refractivity contribution in [2.24, 2.45) is 5.92 Å². The van der Waals surface area contributed by atoms with Gasteiger partial charge in [0.1, 0.15) is 5.82 Å². The predicted octanol–water partition coefficient (Wildman–Crippen LogP) is 1.63. The highest BCUT2D eigenvalue weighted by atomic mass is 19.1. The van der Waals surface area contributed by atoms with Crippen LogP contribution in [0.25, 0.3) is 0 Å². The second-order valence-corrected chi connectivity index (χ2v) is 4.37. The van der Waals surface area contributed by atoms with Crippen LogP contribution in [0.4, 0.5) is 4.39 Å². The van der Waals surface area contributed by atoms with Gasteiger partial charge >= 0.3 is 5.97 Å². The average molecular weight is 255 g/mol. The number of aromatic carboxylic acids is 1. The fourth-order valence-corrected chi connectivity index (χ4v) is 1.63. The van der Waals surface area contributed by atoms with E-state index in [2.05, 4.69) is 5.32 Å². The number of carboxylic acids is 1. The monoisotopic (exact) mass is 255 g/mol. The van der Waals surface area contributed by atoms with Crippen LogP contribution in [0.2, 0.25) is 0 Å². The van der Waals surface area contributed by atoms with Crippen LogP contribution >= 0.6 is 0 Å². The molecule has 1 rings (SSSR count). The minimum absolute atomic E-state index is 0.158. The Hall–Kier alpha value is -1.46. The van der Waals surface area contributed by atoms with E-state index in [0.29, 0.717) is 18.0 Å². The molecule has 0 fully saturated rings. The summed E-state index contributed by atoms with van der Waals surface area (Å²) in [6.07, 6.45) is 0.722. The number of halogens is 1. The molecule has 0 bridgehead atoms. The summed E-state index contributed by atoms with van der Waals surface area (Å²) in [5.74, 6) is -1.63. The molecule has 0 amide bonds. The summed E-state index contributed by atoms with van der Waals surface area (Å²) < 4.78 is 13.4. The van der Waals surface area contributed by atoms with E-state index in [-0.39, 0.29) is 12.2 Å². The van der Waals surface area contributed by atoms with Crippen LogP contribution in [0.5, 0.6) is 0 Å². The van der Waals surface area contributed by atoms with Gasteiger partial charge in [0, 0.05) is 13.2 Å². The lowest BCUT2D eigenvalue weighted by atomic mass is 10.1. The number of rotatable bonds is 7. The van der Waals surface area contributed by atoms with Crippen LogP contribution in [-0.4, -0.2) is 29.3 Å². The van der Waals surface area contributed by atoms with Crippen molar-refractivity contribution in [3.05, 3.63) is 35.1 Å². The zero-order chi connectivity index (χ0) is 13.5. The molecule has 0 saturated heterocycles. The highest BCUT2D eigenvalue weighted by Gasteiger charge is 2.10. The molecule has 0 aliphatic rings. The van der Waals surface area contributed by atoms with Crippen molar-refractivity contribution < 1.29 is 19.4 Å². The summed E-state index contributed by atoms with van der Waals surface area (Å²) in [4.78, 5) is 10.6. The van der Waals surface area contributed by atoms with E-state index < -0.39 is 11.8 Å². The number of aliphatic hydroxyl groups excluding tert-OH is 1. The molecule has 1 aromatic carbocycles. The maximum absolute atomic E-state index is 13.4. The topological polar surface area (TPSA) is 69.6 Å². The maximum Gasteiger partial charge on any atom is 0.338 e. The van der Waals surface area contributed by atoms with Crippen molar-refractivity contribution >= 4 is 5.97 Å². The number of hydrogen-bond donors (Lipinski definition) is 3. The molecule has 1 aromatic rings. The lowest BCUT2D eigenvalue weighted by Crippen LogP contribution is -2.21. The summed E-state index contributed by atoms with van der Waals surface area (Å²) >= 11 is 0. The van der Waals surface area contributed by atoms with E-state index in [4.69, 9.17) is 10.2 Å². The van der Waals surface area contributed by atoms with E-state index in [1.165, 1.54) is 12.1 Å². The van der Waals surface area contributed by atoms with Crippen LogP contribution in [0.3, 0.4) is 0 Å². The van der Waals surface area contributed by atoms with Crippen molar-refractivity contribution in [3.8, 4) is 0 Å². The van der Waals surface area contributed by atoms with Gasteiger partial charge in [-0.15, -0.1) is 0 Å². The molecule has 0 saturated carbocycles. The van der Waals surface area contributed by atoms with Crippen molar-refractivity contribution in [2.75, 3.05) is 13.2 Å². The molecule has 100 valence electrons. The van der Waals surface area contributed by atoms with Gasteiger partial charge in [-0.25, -0.2) is 9.18 Å². The Labute approximate surface area is 105 Å². The van der Waals surface area contributed by atoms with Gasteiger partial charge in [0.25, 0.3) is 0 Å². The summed E-state index contributed by atoms with van der Waals surface area (Å²) in [6, 6.07) is 4.09. The van der Waals surface area contributed by atoms with Gasteiger partial charge in [0.05, 0.1) is 5.56 Å². The quantitative estimate of drug-likeness (QED) is 0.692. The minimum atomic E-state index is -1.26. The number of nitrogens with one attached hydrogen (secondary N) is 1. The highest BCUT2D eigenvalue weighted by Crippen LogP contribution is 2.10. The number of carbonyl (C=O) groups is 1. The van der Waals surface area contributed by atoms with Crippen LogP contribution in [0.15, 0.2) is 18.2 Å². The Morgan fingerprint density at radius 3 is 2.78 bits per heavy atom. The number of hydrogen-bond acceptors (Lipinski definition) is 3. The Morgan fingerprint density at radius 1 is 1.50 bits per heavy atom. The SMILES string of the molecule is CC(CCO)CNCc1ccc(C(=O)O)c(F)c1. The van der Waals surface area contributed by atoms with E-state index in [1.807, 2.05) is 6.92 Å². The Morgan fingerprint density at radius 2 is 2.22 bits per heavy atom. The summed E-state index contributed by atoms with van der Waals surface area (Å²) in [5.41, 5.74) is 0.390. The van der Waals surface area contributed by atoms with Crippen molar-refractivity contribution in [3.63, 3.8) is 0 Å². The third-order valence-corrected chi connectivity index (χ3v) is 2.71. The lowest BCUT2D eigenvalue weighted by Gasteiger charge is -2.11. The van der Waals surface area contributed by atoms with E-state index >= 15 is 0 Å². The van der Waals surface area contributed by atoms with Gasteiger partial charge in [-0.2, -0.15) is 0 Å². The number of benzene rings is 1. The molecular weight excluding hydrogens is 237 g/mol. The molecule has 0 aromatic heterocycles. The first-order valence-corrected chi connectivity index (χ1v) is 5.88. The maximum atomic E-state index is 13.4. The van der Waals surface area contributed by atoms with Gasteiger partial charge in [-0.05, 0) is 36.6 Å². The Balaban J connectivity index is 2.49. The lowest BCUT2D eigenvalue weighted by molar-refractivity contribution is 0.0692. The Bertz CT molecular complexity index is 409. The normalized spacial score (nSPS) is 12.4. The van der Waals surface area contributed by atoms with Crippen molar-refractivity contribution in [1.29, 1.82) is 0 Å². The molecule has 0 aliphatic heterocycles. The molecule has 0 radical (unpaired) electrons. The molecule has 0 heterocycles. The third-order valence-electron chi connectivity index (χ3n) is 2.71. The highest BCUT2D eigenvalue weighted by molar-refractivity contribution is 5.87. The van der Waals surface area contributed by atoms with Crippen LogP contribution in [-0.2, 0) is 6.54 Å². The zero-order valence-corrected chi connectivity index (χ0v) is 10.3. The molecule has 4 nitrogen and oxygen atoms in total.